The normalized spacial score (nSPS) is 16.0. The van der Waals surface area contributed by atoms with Crippen LogP contribution in [0, 0.1) is 11.8 Å². The van der Waals surface area contributed by atoms with E-state index in [1.165, 1.54) is 5.56 Å². The lowest BCUT2D eigenvalue weighted by atomic mass is 10.0. The molecule has 0 saturated heterocycles. The van der Waals surface area contributed by atoms with Crippen LogP contribution in [0.3, 0.4) is 0 Å². The Bertz CT molecular complexity index is 463. The van der Waals surface area contributed by atoms with Crippen LogP contribution in [-0.4, -0.2) is 35.6 Å². The van der Waals surface area contributed by atoms with Gasteiger partial charge in [0.05, 0.1) is 12.5 Å². The Balaban J connectivity index is 1.83. The number of likely N-dealkylation sites (N-methyl/N-ethyl adjacent to an activating group) is 1. The van der Waals surface area contributed by atoms with Gasteiger partial charge < -0.3 is 10.0 Å². The summed E-state index contributed by atoms with van der Waals surface area (Å²) in [4.78, 5) is 13.8. The third-order valence-corrected chi connectivity index (χ3v) is 4.08. The second-order valence-electron chi connectivity index (χ2n) is 6.77. The van der Waals surface area contributed by atoms with Crippen molar-refractivity contribution in [3.8, 4) is 0 Å². The monoisotopic (exact) mass is 289 g/mol. The SMILES string of the molecule is CC(C)Cc1ccc(CC(=O)N(C)CC(O)C2CC2)cc1. The van der Waals surface area contributed by atoms with Crippen LogP contribution < -0.4 is 0 Å². The number of amides is 1. The summed E-state index contributed by atoms with van der Waals surface area (Å²) in [6, 6.07) is 8.31. The van der Waals surface area contributed by atoms with Gasteiger partial charge in [-0.25, -0.2) is 0 Å². The Morgan fingerprint density at radius 1 is 1.24 bits per heavy atom. The lowest BCUT2D eigenvalue weighted by Gasteiger charge is -2.20. The number of nitrogens with zero attached hydrogens (tertiary/aromatic N) is 1. The van der Waals surface area contributed by atoms with Gasteiger partial charge in [0.2, 0.25) is 5.91 Å². The molecule has 1 aromatic rings. The summed E-state index contributed by atoms with van der Waals surface area (Å²) in [6.45, 7) is 4.87. The number of benzene rings is 1. The lowest BCUT2D eigenvalue weighted by molar-refractivity contribution is -0.130. The highest BCUT2D eigenvalue weighted by molar-refractivity contribution is 5.78. The highest BCUT2D eigenvalue weighted by Crippen LogP contribution is 2.32. The second kappa shape index (κ2) is 7.08. The molecule has 116 valence electrons. The largest absolute Gasteiger partial charge is 0.391 e. The predicted octanol–water partition coefficient (Wildman–Crippen LogP) is 2.66. The summed E-state index contributed by atoms with van der Waals surface area (Å²) in [5.41, 5.74) is 2.36. The van der Waals surface area contributed by atoms with Crippen LogP contribution in [0.4, 0.5) is 0 Å². The van der Waals surface area contributed by atoms with Gasteiger partial charge in [-0.3, -0.25) is 4.79 Å². The van der Waals surface area contributed by atoms with Crippen LogP contribution in [-0.2, 0) is 17.6 Å². The molecule has 1 N–H and O–H groups in total. The molecule has 1 atom stereocenters. The fourth-order valence-corrected chi connectivity index (χ4v) is 2.59. The maximum Gasteiger partial charge on any atom is 0.226 e. The molecule has 0 aromatic heterocycles. The number of rotatable bonds is 7. The van der Waals surface area contributed by atoms with Gasteiger partial charge in [0.15, 0.2) is 0 Å². The van der Waals surface area contributed by atoms with E-state index in [1.807, 2.05) is 12.1 Å². The van der Waals surface area contributed by atoms with Crippen molar-refractivity contribution in [2.75, 3.05) is 13.6 Å². The molecule has 0 heterocycles. The number of aliphatic hydroxyl groups is 1. The molecule has 21 heavy (non-hydrogen) atoms. The maximum atomic E-state index is 12.2. The topological polar surface area (TPSA) is 40.5 Å². The average Bonchev–Trinajstić information content (AvgIpc) is 3.24. The fraction of sp³-hybridized carbons (Fsp3) is 0.611. The molecule has 1 unspecified atom stereocenters. The van der Waals surface area contributed by atoms with Crippen molar-refractivity contribution < 1.29 is 9.90 Å². The third kappa shape index (κ3) is 5.16. The van der Waals surface area contributed by atoms with E-state index < -0.39 is 0 Å². The Morgan fingerprint density at radius 2 is 1.81 bits per heavy atom. The Hall–Kier alpha value is -1.35. The molecule has 1 amide bonds. The summed E-state index contributed by atoms with van der Waals surface area (Å²) in [5, 5.41) is 9.90. The van der Waals surface area contributed by atoms with Crippen molar-refractivity contribution in [3.05, 3.63) is 35.4 Å². The first-order valence-electron chi connectivity index (χ1n) is 7.95. The van der Waals surface area contributed by atoms with Crippen molar-refractivity contribution in [3.63, 3.8) is 0 Å². The van der Waals surface area contributed by atoms with Crippen molar-refractivity contribution in [1.82, 2.24) is 4.90 Å². The smallest absolute Gasteiger partial charge is 0.226 e. The zero-order chi connectivity index (χ0) is 15.4. The Kier molecular flexibility index (Phi) is 5.40. The molecular weight excluding hydrogens is 262 g/mol. The third-order valence-electron chi connectivity index (χ3n) is 4.08. The molecule has 0 spiro atoms. The molecule has 1 saturated carbocycles. The van der Waals surface area contributed by atoms with Gasteiger partial charge in [-0.15, -0.1) is 0 Å². The molecule has 3 nitrogen and oxygen atoms in total. The van der Waals surface area contributed by atoms with Crippen LogP contribution in [0.1, 0.15) is 37.8 Å². The standard InChI is InChI=1S/C18H27NO2/c1-13(2)10-14-4-6-15(7-5-14)11-18(21)19(3)12-17(20)16-8-9-16/h4-7,13,16-17,20H,8-12H2,1-3H3. The molecule has 1 fully saturated rings. The van der Waals surface area contributed by atoms with E-state index in [-0.39, 0.29) is 12.0 Å². The number of aliphatic hydroxyl groups excluding tert-OH is 1. The van der Waals surface area contributed by atoms with Gasteiger partial charge in [0.1, 0.15) is 0 Å². The first-order chi connectivity index (χ1) is 9.95. The number of hydrogen-bond acceptors (Lipinski definition) is 2. The van der Waals surface area contributed by atoms with Gasteiger partial charge in [0, 0.05) is 13.6 Å². The summed E-state index contributed by atoms with van der Waals surface area (Å²) < 4.78 is 0. The van der Waals surface area contributed by atoms with Gasteiger partial charge in [0.25, 0.3) is 0 Å². The van der Waals surface area contributed by atoms with E-state index in [0.29, 0.717) is 24.8 Å². The van der Waals surface area contributed by atoms with E-state index in [0.717, 1.165) is 24.8 Å². The van der Waals surface area contributed by atoms with Gasteiger partial charge in [-0.05, 0) is 42.2 Å². The summed E-state index contributed by atoms with van der Waals surface area (Å²) in [7, 11) is 1.78. The van der Waals surface area contributed by atoms with Crippen molar-refractivity contribution >= 4 is 5.91 Å². The van der Waals surface area contributed by atoms with E-state index in [4.69, 9.17) is 0 Å². The first kappa shape index (κ1) is 16.0. The van der Waals surface area contributed by atoms with Crippen molar-refractivity contribution in [2.24, 2.45) is 11.8 Å². The Labute approximate surface area is 128 Å². The molecule has 2 rings (SSSR count). The second-order valence-corrected chi connectivity index (χ2v) is 6.77. The van der Waals surface area contributed by atoms with Crippen LogP contribution in [0.25, 0.3) is 0 Å². The zero-order valence-corrected chi connectivity index (χ0v) is 13.4. The van der Waals surface area contributed by atoms with E-state index in [2.05, 4.69) is 26.0 Å². The zero-order valence-electron chi connectivity index (χ0n) is 13.4. The van der Waals surface area contributed by atoms with Crippen LogP contribution >= 0.6 is 0 Å². The number of carbonyl (C=O) groups is 1. The highest BCUT2D eigenvalue weighted by Gasteiger charge is 2.31. The van der Waals surface area contributed by atoms with Gasteiger partial charge >= 0.3 is 0 Å². The highest BCUT2D eigenvalue weighted by atomic mass is 16.3. The maximum absolute atomic E-state index is 12.2. The minimum Gasteiger partial charge on any atom is -0.391 e. The number of carbonyl (C=O) groups excluding carboxylic acids is 1. The Morgan fingerprint density at radius 3 is 2.33 bits per heavy atom. The minimum atomic E-state index is -0.354. The molecule has 1 aliphatic rings. The number of hydrogen-bond donors (Lipinski definition) is 1. The van der Waals surface area contributed by atoms with Gasteiger partial charge in [-0.2, -0.15) is 0 Å². The molecule has 0 bridgehead atoms. The molecular formula is C18H27NO2. The van der Waals surface area contributed by atoms with Crippen LogP contribution in [0.15, 0.2) is 24.3 Å². The molecule has 0 aliphatic heterocycles. The van der Waals surface area contributed by atoms with E-state index in [9.17, 15) is 9.90 Å². The molecule has 1 aromatic carbocycles. The average molecular weight is 289 g/mol. The molecule has 3 heteroatoms. The molecule has 0 radical (unpaired) electrons. The van der Waals surface area contributed by atoms with E-state index >= 15 is 0 Å². The van der Waals surface area contributed by atoms with Crippen LogP contribution in [0.2, 0.25) is 0 Å². The quantitative estimate of drug-likeness (QED) is 0.838. The summed E-state index contributed by atoms with van der Waals surface area (Å²) in [6.07, 6.45) is 3.32. The molecule has 1 aliphatic carbocycles. The predicted molar refractivity (Wildman–Crippen MR) is 85.1 cm³/mol. The fourth-order valence-electron chi connectivity index (χ4n) is 2.59. The van der Waals surface area contributed by atoms with Crippen LogP contribution in [0.5, 0.6) is 0 Å². The lowest BCUT2D eigenvalue weighted by Crippen LogP contribution is -2.36. The van der Waals surface area contributed by atoms with Crippen molar-refractivity contribution in [2.45, 2.75) is 45.6 Å². The first-order valence-corrected chi connectivity index (χ1v) is 7.95. The summed E-state index contributed by atoms with van der Waals surface area (Å²) in [5.74, 6) is 1.13. The summed E-state index contributed by atoms with van der Waals surface area (Å²) >= 11 is 0. The van der Waals surface area contributed by atoms with Crippen molar-refractivity contribution in [1.29, 1.82) is 0 Å². The van der Waals surface area contributed by atoms with Gasteiger partial charge in [-0.1, -0.05) is 38.1 Å². The van der Waals surface area contributed by atoms with E-state index in [1.54, 1.807) is 11.9 Å². The minimum absolute atomic E-state index is 0.0753.